The summed E-state index contributed by atoms with van der Waals surface area (Å²) in [6, 6.07) is 10.9. The number of rotatable bonds is 4. The molecule has 2 aromatic carbocycles. The number of hydrogen-bond donors (Lipinski definition) is 3. The molecule has 4 rings (SSSR count). The van der Waals surface area contributed by atoms with E-state index in [4.69, 9.17) is 9.47 Å². The highest BCUT2D eigenvalue weighted by atomic mass is 19.4. The first-order valence-electron chi connectivity index (χ1n) is 10.1. The van der Waals surface area contributed by atoms with Crippen molar-refractivity contribution in [3.63, 3.8) is 0 Å². The summed E-state index contributed by atoms with van der Waals surface area (Å²) >= 11 is 0. The van der Waals surface area contributed by atoms with Crippen molar-refractivity contribution >= 4 is 22.4 Å². The average Bonchev–Trinajstić information content (AvgIpc) is 3.08. The van der Waals surface area contributed by atoms with E-state index >= 15 is 0 Å². The number of aliphatic hydroxyl groups excluding tert-OH is 1. The van der Waals surface area contributed by atoms with E-state index in [1.165, 1.54) is 42.5 Å². The second-order valence-corrected chi connectivity index (χ2v) is 8.12. The number of ether oxygens (including phenoxy) is 2. The van der Waals surface area contributed by atoms with Crippen molar-refractivity contribution in [2.24, 2.45) is 0 Å². The van der Waals surface area contributed by atoms with E-state index in [1.807, 2.05) is 0 Å². The molecule has 0 spiro atoms. The van der Waals surface area contributed by atoms with Crippen molar-refractivity contribution in [3.05, 3.63) is 64.4 Å². The number of H-pyrrole nitrogens is 1. The summed E-state index contributed by atoms with van der Waals surface area (Å²) in [5.41, 5.74) is -1.29. The number of carbonyl (C=O) groups excluding carboxylic acids is 1. The van der Waals surface area contributed by atoms with Gasteiger partial charge in [-0.2, -0.15) is 13.2 Å². The van der Waals surface area contributed by atoms with Gasteiger partial charge in [-0.15, -0.1) is 0 Å². The van der Waals surface area contributed by atoms with E-state index in [0.29, 0.717) is 5.39 Å². The normalized spacial score (nSPS) is 20.2. The van der Waals surface area contributed by atoms with Gasteiger partial charge in [0.05, 0.1) is 12.2 Å². The third-order valence-corrected chi connectivity index (χ3v) is 5.26. The number of hydrogen-bond acceptors (Lipinski definition) is 5. The minimum Gasteiger partial charge on any atom is -0.394 e. The van der Waals surface area contributed by atoms with Crippen molar-refractivity contribution in [2.75, 3.05) is 11.9 Å². The summed E-state index contributed by atoms with van der Waals surface area (Å²) in [4.78, 5) is 27.8. The van der Waals surface area contributed by atoms with Crippen molar-refractivity contribution in [3.8, 4) is 11.3 Å². The maximum Gasteiger partial charge on any atom is 0.417 e. The van der Waals surface area contributed by atoms with E-state index < -0.39 is 47.8 Å². The Kier molecular flexibility index (Phi) is 5.77. The Morgan fingerprint density at radius 2 is 1.88 bits per heavy atom. The Balaban J connectivity index is 1.65. The number of nitrogens with one attached hydrogen (secondary N) is 2. The zero-order valence-electron chi connectivity index (χ0n) is 17.7. The van der Waals surface area contributed by atoms with E-state index in [1.54, 1.807) is 13.8 Å². The minimum absolute atomic E-state index is 0.0294. The second-order valence-electron chi connectivity index (χ2n) is 8.12. The standard InChI is InChI=1S/C23H21F3N2O5/c1-22(2)32-18(11-29)19(33-22)21(31)27-13-8-7-12-9-17(28-20(30)15(12)10-13)14-5-3-4-6-16(14)23(24,25)26/h3-10,18-19,29H,11H2,1-2H3,(H,27,31)(H,28,30)/t18-,19-/m1/s1. The molecular formula is C23H21F3N2O5. The summed E-state index contributed by atoms with van der Waals surface area (Å²) in [6.07, 6.45) is -6.48. The third kappa shape index (κ3) is 4.63. The molecule has 1 amide bonds. The van der Waals surface area contributed by atoms with Gasteiger partial charge >= 0.3 is 6.18 Å². The van der Waals surface area contributed by atoms with Crippen LogP contribution in [0.5, 0.6) is 0 Å². The quantitative estimate of drug-likeness (QED) is 0.550. The van der Waals surface area contributed by atoms with Gasteiger partial charge < -0.3 is 24.9 Å². The summed E-state index contributed by atoms with van der Waals surface area (Å²) in [5, 5.41) is 12.7. The fourth-order valence-electron chi connectivity index (χ4n) is 3.85. The predicted octanol–water partition coefficient (Wildman–Crippen LogP) is 3.66. The van der Waals surface area contributed by atoms with Gasteiger partial charge in [-0.1, -0.05) is 24.3 Å². The lowest BCUT2D eigenvalue weighted by molar-refractivity contribution is -0.155. The van der Waals surface area contributed by atoms with Gasteiger partial charge in [-0.05, 0) is 43.5 Å². The van der Waals surface area contributed by atoms with Crippen LogP contribution in [-0.2, 0) is 20.4 Å². The van der Waals surface area contributed by atoms with Gasteiger partial charge in [-0.25, -0.2) is 0 Å². The zero-order valence-corrected chi connectivity index (χ0v) is 17.7. The predicted molar refractivity (Wildman–Crippen MR) is 115 cm³/mol. The highest BCUT2D eigenvalue weighted by Gasteiger charge is 2.44. The highest BCUT2D eigenvalue weighted by molar-refractivity contribution is 5.97. The van der Waals surface area contributed by atoms with E-state index in [2.05, 4.69) is 10.3 Å². The molecule has 33 heavy (non-hydrogen) atoms. The van der Waals surface area contributed by atoms with Crippen LogP contribution in [0.3, 0.4) is 0 Å². The van der Waals surface area contributed by atoms with E-state index in [0.717, 1.165) is 6.07 Å². The van der Waals surface area contributed by atoms with Crippen LogP contribution in [0.15, 0.2) is 53.3 Å². The Bertz CT molecular complexity index is 1270. The fraction of sp³-hybridized carbons (Fsp3) is 0.304. The SMILES string of the molecule is CC1(C)O[C@H](CO)[C@H](C(=O)Nc2ccc3cc(-c4ccccc4C(F)(F)F)[nH]c(=O)c3c2)O1. The van der Waals surface area contributed by atoms with Crippen LogP contribution in [0.25, 0.3) is 22.0 Å². The number of aliphatic hydroxyl groups is 1. The number of alkyl halides is 3. The largest absolute Gasteiger partial charge is 0.417 e. The van der Waals surface area contributed by atoms with Crippen LogP contribution in [0, 0.1) is 0 Å². The lowest BCUT2D eigenvalue weighted by atomic mass is 10.0. The van der Waals surface area contributed by atoms with Gasteiger partial charge in [-0.3, -0.25) is 9.59 Å². The molecule has 3 aromatic rings. The summed E-state index contributed by atoms with van der Waals surface area (Å²) in [5.74, 6) is -1.61. The number of anilines is 1. The highest BCUT2D eigenvalue weighted by Crippen LogP contribution is 2.36. The lowest BCUT2D eigenvalue weighted by Crippen LogP contribution is -2.38. The minimum atomic E-state index is -4.58. The molecule has 0 radical (unpaired) electrons. The molecule has 1 saturated heterocycles. The summed E-state index contributed by atoms with van der Waals surface area (Å²) in [7, 11) is 0. The van der Waals surface area contributed by atoms with Crippen LogP contribution < -0.4 is 10.9 Å². The monoisotopic (exact) mass is 462 g/mol. The molecule has 174 valence electrons. The molecule has 0 bridgehead atoms. The molecule has 1 fully saturated rings. The number of pyridine rings is 1. The number of carbonyl (C=O) groups is 1. The third-order valence-electron chi connectivity index (χ3n) is 5.26. The van der Waals surface area contributed by atoms with Crippen molar-refractivity contribution in [1.29, 1.82) is 0 Å². The van der Waals surface area contributed by atoms with E-state index in [9.17, 15) is 27.9 Å². The molecular weight excluding hydrogens is 441 g/mol. The maximum atomic E-state index is 13.4. The first kappa shape index (κ1) is 23.0. The second kappa shape index (κ2) is 8.29. The smallest absolute Gasteiger partial charge is 0.394 e. The molecule has 1 aromatic heterocycles. The number of amides is 1. The Hall–Kier alpha value is -3.21. The van der Waals surface area contributed by atoms with Gasteiger partial charge in [0.2, 0.25) is 0 Å². The average molecular weight is 462 g/mol. The van der Waals surface area contributed by atoms with Crippen LogP contribution in [0.1, 0.15) is 19.4 Å². The zero-order chi connectivity index (χ0) is 24.0. The maximum absolute atomic E-state index is 13.4. The summed E-state index contributed by atoms with van der Waals surface area (Å²) in [6.45, 7) is 2.82. The van der Waals surface area contributed by atoms with Gasteiger partial charge in [0.25, 0.3) is 11.5 Å². The summed E-state index contributed by atoms with van der Waals surface area (Å²) < 4.78 is 51.2. The van der Waals surface area contributed by atoms with Gasteiger partial charge in [0, 0.05) is 22.3 Å². The fourth-order valence-corrected chi connectivity index (χ4v) is 3.85. The molecule has 0 aliphatic carbocycles. The van der Waals surface area contributed by atoms with Crippen molar-refractivity contribution < 1.29 is 32.5 Å². The molecule has 1 aliphatic heterocycles. The molecule has 1 aliphatic rings. The molecule has 2 heterocycles. The molecule has 2 atom stereocenters. The molecule has 7 nitrogen and oxygen atoms in total. The number of aromatic nitrogens is 1. The Morgan fingerprint density at radius 3 is 2.58 bits per heavy atom. The van der Waals surface area contributed by atoms with Crippen LogP contribution in [0.4, 0.5) is 18.9 Å². The number of benzene rings is 2. The van der Waals surface area contributed by atoms with Gasteiger partial charge in [0.15, 0.2) is 11.9 Å². The topological polar surface area (TPSA) is 101 Å². The van der Waals surface area contributed by atoms with Crippen molar-refractivity contribution in [1.82, 2.24) is 4.98 Å². The Labute approximate surface area is 186 Å². The van der Waals surface area contributed by atoms with E-state index in [-0.39, 0.29) is 22.3 Å². The van der Waals surface area contributed by atoms with Crippen LogP contribution >= 0.6 is 0 Å². The van der Waals surface area contributed by atoms with Gasteiger partial charge in [0.1, 0.15) is 6.10 Å². The number of fused-ring (bicyclic) bond motifs is 1. The first-order chi connectivity index (χ1) is 15.5. The first-order valence-corrected chi connectivity index (χ1v) is 10.1. The Morgan fingerprint density at radius 1 is 1.15 bits per heavy atom. The number of aromatic amines is 1. The number of halogens is 3. The molecule has 0 unspecified atom stereocenters. The molecule has 10 heteroatoms. The molecule has 0 saturated carbocycles. The van der Waals surface area contributed by atoms with Crippen LogP contribution in [-0.4, -0.2) is 40.6 Å². The molecule has 3 N–H and O–H groups in total. The van der Waals surface area contributed by atoms with Crippen molar-refractivity contribution in [2.45, 2.75) is 38.0 Å². The lowest BCUT2D eigenvalue weighted by Gasteiger charge is -2.16. The van der Waals surface area contributed by atoms with Crippen LogP contribution in [0.2, 0.25) is 0 Å².